The molecule has 6 nitrogen and oxygen atoms in total. The molecule has 136 valence electrons. The molecule has 2 aromatic heterocycles. The number of fused-ring (bicyclic) bond motifs is 1. The van der Waals surface area contributed by atoms with E-state index in [0.717, 1.165) is 5.56 Å². The lowest BCUT2D eigenvalue weighted by molar-refractivity contribution is 0.0684. The van der Waals surface area contributed by atoms with Crippen molar-refractivity contribution in [2.24, 2.45) is 7.05 Å². The van der Waals surface area contributed by atoms with Crippen molar-refractivity contribution in [2.75, 3.05) is 20.3 Å². The number of amides is 1. The van der Waals surface area contributed by atoms with Gasteiger partial charge in [0, 0.05) is 27.2 Å². The van der Waals surface area contributed by atoms with Crippen LogP contribution in [0, 0.1) is 6.92 Å². The Labute approximate surface area is 155 Å². The molecule has 1 amide bonds. The molecule has 2 heterocycles. The summed E-state index contributed by atoms with van der Waals surface area (Å²) in [6, 6.07) is 9.83. The van der Waals surface area contributed by atoms with E-state index >= 15 is 0 Å². The summed E-state index contributed by atoms with van der Waals surface area (Å²) >= 11 is 1.27. The van der Waals surface area contributed by atoms with E-state index in [2.05, 4.69) is 4.98 Å². The molecule has 0 spiro atoms. The van der Waals surface area contributed by atoms with Crippen LogP contribution in [-0.4, -0.2) is 40.6 Å². The number of methoxy groups -OCH3 is 1. The van der Waals surface area contributed by atoms with E-state index < -0.39 is 0 Å². The number of carbonyl (C=O) groups is 1. The number of hydrogen-bond acceptors (Lipinski definition) is 5. The van der Waals surface area contributed by atoms with E-state index in [1.807, 2.05) is 37.3 Å². The second kappa shape index (κ2) is 7.80. The first-order valence-corrected chi connectivity index (χ1v) is 9.11. The van der Waals surface area contributed by atoms with Crippen LogP contribution in [0.1, 0.15) is 20.8 Å². The molecule has 0 aliphatic rings. The lowest BCUT2D eigenvalue weighted by Crippen LogP contribution is -2.33. The fourth-order valence-corrected chi connectivity index (χ4v) is 3.92. The first-order chi connectivity index (χ1) is 12.5. The molecule has 0 unspecified atom stereocenters. The molecule has 26 heavy (non-hydrogen) atoms. The number of rotatable bonds is 6. The average molecular weight is 371 g/mol. The Hall–Kier alpha value is -2.51. The molecule has 0 atom stereocenters. The van der Waals surface area contributed by atoms with Gasteiger partial charge in [-0.25, -0.2) is 4.98 Å². The lowest BCUT2D eigenvalue weighted by atomic mass is 10.1. The van der Waals surface area contributed by atoms with E-state index in [9.17, 15) is 9.59 Å². The highest BCUT2D eigenvalue weighted by molar-refractivity contribution is 7.20. The summed E-state index contributed by atoms with van der Waals surface area (Å²) in [6.45, 7) is 3.22. The Morgan fingerprint density at radius 3 is 2.73 bits per heavy atom. The maximum Gasteiger partial charge on any atom is 0.264 e. The Balaban J connectivity index is 1.98. The molecule has 0 bridgehead atoms. The van der Waals surface area contributed by atoms with Crippen molar-refractivity contribution in [3.05, 3.63) is 63.0 Å². The van der Waals surface area contributed by atoms with Gasteiger partial charge in [0.1, 0.15) is 4.83 Å². The SMILES string of the molecule is COCCN(Cc1ccccc1)C(=O)c1sc2ncn(C)c(=O)c2c1C. The minimum atomic E-state index is -0.130. The molecule has 0 aliphatic carbocycles. The fourth-order valence-electron chi connectivity index (χ4n) is 2.81. The third-order valence-electron chi connectivity index (χ3n) is 4.27. The van der Waals surface area contributed by atoms with Gasteiger partial charge >= 0.3 is 0 Å². The van der Waals surface area contributed by atoms with Gasteiger partial charge in [-0.15, -0.1) is 11.3 Å². The third kappa shape index (κ3) is 3.54. The highest BCUT2D eigenvalue weighted by Gasteiger charge is 2.23. The summed E-state index contributed by atoms with van der Waals surface area (Å²) in [5.41, 5.74) is 1.61. The molecule has 1 aromatic carbocycles. The Kier molecular flexibility index (Phi) is 5.49. The molecule has 0 saturated carbocycles. The average Bonchev–Trinajstić information content (AvgIpc) is 2.99. The number of aromatic nitrogens is 2. The van der Waals surface area contributed by atoms with Crippen molar-refractivity contribution in [2.45, 2.75) is 13.5 Å². The number of carbonyl (C=O) groups excluding carboxylic acids is 1. The monoisotopic (exact) mass is 371 g/mol. The Bertz CT molecular complexity index is 979. The van der Waals surface area contributed by atoms with Crippen molar-refractivity contribution in [1.29, 1.82) is 0 Å². The Morgan fingerprint density at radius 2 is 2.04 bits per heavy atom. The predicted octanol–water partition coefficient (Wildman–Crippen LogP) is 2.59. The van der Waals surface area contributed by atoms with E-state index in [-0.39, 0.29) is 11.5 Å². The zero-order valence-electron chi connectivity index (χ0n) is 15.1. The van der Waals surface area contributed by atoms with Crippen molar-refractivity contribution in [1.82, 2.24) is 14.5 Å². The smallest absolute Gasteiger partial charge is 0.264 e. The minimum Gasteiger partial charge on any atom is -0.383 e. The molecule has 0 fully saturated rings. The highest BCUT2D eigenvalue weighted by Crippen LogP contribution is 2.28. The summed E-state index contributed by atoms with van der Waals surface area (Å²) in [6.07, 6.45) is 1.49. The minimum absolute atomic E-state index is 0.103. The van der Waals surface area contributed by atoms with Crippen LogP contribution < -0.4 is 5.56 Å². The first-order valence-electron chi connectivity index (χ1n) is 8.29. The number of hydrogen-bond donors (Lipinski definition) is 0. The van der Waals surface area contributed by atoms with E-state index in [0.29, 0.717) is 40.4 Å². The number of thiophene rings is 1. The maximum absolute atomic E-state index is 13.2. The summed E-state index contributed by atoms with van der Waals surface area (Å²) in [5.74, 6) is -0.103. The highest BCUT2D eigenvalue weighted by atomic mass is 32.1. The normalized spacial score (nSPS) is 11.0. The topological polar surface area (TPSA) is 64.4 Å². The van der Waals surface area contributed by atoms with Gasteiger partial charge in [-0.1, -0.05) is 30.3 Å². The molecular weight excluding hydrogens is 350 g/mol. The summed E-state index contributed by atoms with van der Waals surface area (Å²) in [7, 11) is 3.27. The standard InChI is InChI=1S/C19H21N3O3S/c1-13-15-17(20-12-21(2)18(15)23)26-16(13)19(24)22(9-10-25-3)11-14-7-5-4-6-8-14/h4-8,12H,9-11H2,1-3H3. The van der Waals surface area contributed by atoms with Gasteiger partial charge in [-0.2, -0.15) is 0 Å². The molecule has 3 rings (SSSR count). The largest absolute Gasteiger partial charge is 0.383 e. The van der Waals surface area contributed by atoms with Crippen LogP contribution in [0.2, 0.25) is 0 Å². The third-order valence-corrected chi connectivity index (χ3v) is 5.46. The van der Waals surface area contributed by atoms with Gasteiger partial charge in [0.15, 0.2) is 0 Å². The van der Waals surface area contributed by atoms with Crippen LogP contribution in [0.3, 0.4) is 0 Å². The van der Waals surface area contributed by atoms with Gasteiger partial charge < -0.3 is 14.2 Å². The molecule has 3 aromatic rings. The van der Waals surface area contributed by atoms with Gasteiger partial charge in [-0.3, -0.25) is 9.59 Å². The van der Waals surface area contributed by atoms with Crippen molar-refractivity contribution in [3.63, 3.8) is 0 Å². The van der Waals surface area contributed by atoms with Crippen LogP contribution in [0.15, 0.2) is 41.5 Å². The summed E-state index contributed by atoms with van der Waals surface area (Å²) in [5, 5.41) is 0.523. The second-order valence-corrected chi connectivity index (χ2v) is 7.10. The van der Waals surface area contributed by atoms with Crippen molar-refractivity contribution < 1.29 is 9.53 Å². The maximum atomic E-state index is 13.2. The number of nitrogens with zero attached hydrogens (tertiary/aromatic N) is 3. The lowest BCUT2D eigenvalue weighted by Gasteiger charge is -2.22. The number of ether oxygens (including phenoxy) is 1. The van der Waals surface area contributed by atoms with Crippen LogP contribution in [-0.2, 0) is 18.3 Å². The predicted molar refractivity (Wildman–Crippen MR) is 103 cm³/mol. The number of benzene rings is 1. The van der Waals surface area contributed by atoms with Crippen molar-refractivity contribution >= 4 is 27.5 Å². The quantitative estimate of drug-likeness (QED) is 0.668. The van der Waals surface area contributed by atoms with Crippen LogP contribution in [0.4, 0.5) is 0 Å². The van der Waals surface area contributed by atoms with Gasteiger partial charge in [0.25, 0.3) is 11.5 Å². The molecular formula is C19H21N3O3S. The van der Waals surface area contributed by atoms with E-state index in [1.54, 1.807) is 19.1 Å². The Morgan fingerprint density at radius 1 is 1.31 bits per heavy atom. The molecule has 0 N–H and O–H groups in total. The van der Waals surface area contributed by atoms with Gasteiger partial charge in [0.05, 0.1) is 23.2 Å². The molecule has 0 radical (unpaired) electrons. The van der Waals surface area contributed by atoms with Crippen LogP contribution in [0.25, 0.3) is 10.2 Å². The van der Waals surface area contributed by atoms with Gasteiger partial charge in [-0.05, 0) is 18.1 Å². The first kappa shape index (κ1) is 18.3. The molecule has 0 aliphatic heterocycles. The van der Waals surface area contributed by atoms with Gasteiger partial charge in [0.2, 0.25) is 0 Å². The summed E-state index contributed by atoms with van der Waals surface area (Å²) in [4.78, 5) is 32.8. The van der Waals surface area contributed by atoms with Crippen molar-refractivity contribution in [3.8, 4) is 0 Å². The van der Waals surface area contributed by atoms with Crippen LogP contribution in [0.5, 0.6) is 0 Å². The van der Waals surface area contributed by atoms with E-state index in [1.165, 1.54) is 22.2 Å². The summed E-state index contributed by atoms with van der Waals surface area (Å²) < 4.78 is 6.60. The molecule has 7 heteroatoms. The van der Waals surface area contributed by atoms with E-state index in [4.69, 9.17) is 4.74 Å². The number of aryl methyl sites for hydroxylation is 2. The molecule has 0 saturated heterocycles. The van der Waals surface area contributed by atoms with Crippen LogP contribution >= 0.6 is 11.3 Å². The second-order valence-electron chi connectivity index (χ2n) is 6.10. The zero-order chi connectivity index (χ0) is 18.7. The fraction of sp³-hybridized carbons (Fsp3) is 0.316. The zero-order valence-corrected chi connectivity index (χ0v) is 15.9.